The SMILES string of the molecule is O=C(CN1CCN(Cc2ccc(Cl)cc2)CC1)NCC1CCCO1. The van der Waals surface area contributed by atoms with E-state index in [2.05, 4.69) is 27.2 Å². The van der Waals surface area contributed by atoms with E-state index in [1.807, 2.05) is 12.1 Å². The maximum Gasteiger partial charge on any atom is 0.234 e. The average Bonchev–Trinajstić information content (AvgIpc) is 3.10. The predicted octanol–water partition coefficient (Wildman–Crippen LogP) is 1.75. The van der Waals surface area contributed by atoms with Crippen LogP contribution in [0.4, 0.5) is 0 Å². The molecule has 0 aliphatic carbocycles. The molecular formula is C18H26ClN3O2. The maximum absolute atomic E-state index is 12.0. The van der Waals surface area contributed by atoms with Gasteiger partial charge in [0.05, 0.1) is 12.6 Å². The number of halogens is 1. The fourth-order valence-corrected chi connectivity index (χ4v) is 3.37. The summed E-state index contributed by atoms with van der Waals surface area (Å²) in [6, 6.07) is 8.03. The molecule has 6 heteroatoms. The second kappa shape index (κ2) is 8.81. The third-order valence-electron chi connectivity index (χ3n) is 4.70. The first-order valence-corrected chi connectivity index (χ1v) is 9.14. The molecule has 132 valence electrons. The van der Waals surface area contributed by atoms with Crippen LogP contribution in [0.3, 0.4) is 0 Å². The van der Waals surface area contributed by atoms with Gasteiger partial charge in [-0.25, -0.2) is 0 Å². The molecule has 3 rings (SSSR count). The Balaban J connectivity index is 1.34. The standard InChI is InChI=1S/C18H26ClN3O2/c19-16-5-3-15(4-6-16)13-21-7-9-22(10-8-21)14-18(23)20-12-17-2-1-11-24-17/h3-6,17H,1-2,7-14H2,(H,20,23). The zero-order valence-electron chi connectivity index (χ0n) is 14.0. The smallest absolute Gasteiger partial charge is 0.234 e. The van der Waals surface area contributed by atoms with Gasteiger partial charge in [-0.05, 0) is 30.5 Å². The third kappa shape index (κ3) is 5.45. The molecule has 2 fully saturated rings. The lowest BCUT2D eigenvalue weighted by atomic mass is 10.2. The monoisotopic (exact) mass is 351 g/mol. The van der Waals surface area contributed by atoms with Gasteiger partial charge in [-0.1, -0.05) is 23.7 Å². The molecule has 2 heterocycles. The molecular weight excluding hydrogens is 326 g/mol. The lowest BCUT2D eigenvalue weighted by molar-refractivity contribution is -0.123. The van der Waals surface area contributed by atoms with Gasteiger partial charge in [-0.3, -0.25) is 14.6 Å². The van der Waals surface area contributed by atoms with Gasteiger partial charge in [0.1, 0.15) is 0 Å². The van der Waals surface area contributed by atoms with Crippen molar-refractivity contribution in [2.75, 3.05) is 45.9 Å². The molecule has 24 heavy (non-hydrogen) atoms. The number of nitrogens with zero attached hydrogens (tertiary/aromatic N) is 2. The van der Waals surface area contributed by atoms with Crippen LogP contribution >= 0.6 is 11.6 Å². The molecule has 2 aliphatic heterocycles. The van der Waals surface area contributed by atoms with Gasteiger partial charge in [0, 0.05) is 50.9 Å². The van der Waals surface area contributed by atoms with E-state index in [-0.39, 0.29) is 12.0 Å². The van der Waals surface area contributed by atoms with Gasteiger partial charge in [0.15, 0.2) is 0 Å². The van der Waals surface area contributed by atoms with E-state index in [0.29, 0.717) is 13.1 Å². The predicted molar refractivity (Wildman–Crippen MR) is 95.2 cm³/mol. The largest absolute Gasteiger partial charge is 0.376 e. The van der Waals surface area contributed by atoms with Crippen LogP contribution < -0.4 is 5.32 Å². The Morgan fingerprint density at radius 1 is 1.17 bits per heavy atom. The minimum absolute atomic E-state index is 0.108. The van der Waals surface area contributed by atoms with E-state index in [1.54, 1.807) is 0 Å². The molecule has 1 amide bonds. The van der Waals surface area contributed by atoms with Crippen LogP contribution in [-0.2, 0) is 16.1 Å². The minimum Gasteiger partial charge on any atom is -0.376 e. The molecule has 2 saturated heterocycles. The van der Waals surface area contributed by atoms with Crippen molar-refractivity contribution < 1.29 is 9.53 Å². The van der Waals surface area contributed by atoms with Gasteiger partial charge in [0.2, 0.25) is 5.91 Å². The van der Waals surface area contributed by atoms with E-state index < -0.39 is 0 Å². The Morgan fingerprint density at radius 2 is 1.88 bits per heavy atom. The summed E-state index contributed by atoms with van der Waals surface area (Å²) in [4.78, 5) is 16.7. The van der Waals surface area contributed by atoms with E-state index in [1.165, 1.54) is 5.56 Å². The summed E-state index contributed by atoms with van der Waals surface area (Å²) < 4.78 is 5.53. The van der Waals surface area contributed by atoms with Crippen LogP contribution in [0.1, 0.15) is 18.4 Å². The number of carbonyl (C=O) groups is 1. The number of nitrogens with one attached hydrogen (secondary N) is 1. The van der Waals surface area contributed by atoms with E-state index in [4.69, 9.17) is 16.3 Å². The fourth-order valence-electron chi connectivity index (χ4n) is 3.25. The highest BCUT2D eigenvalue weighted by Gasteiger charge is 2.20. The average molecular weight is 352 g/mol. The maximum atomic E-state index is 12.0. The first kappa shape index (κ1) is 17.7. The molecule has 1 aromatic carbocycles. The van der Waals surface area contributed by atoms with Crippen molar-refractivity contribution in [3.63, 3.8) is 0 Å². The van der Waals surface area contributed by atoms with E-state index >= 15 is 0 Å². The molecule has 0 bridgehead atoms. The van der Waals surface area contributed by atoms with Crippen LogP contribution in [0, 0.1) is 0 Å². The highest BCUT2D eigenvalue weighted by atomic mass is 35.5. The van der Waals surface area contributed by atoms with Crippen molar-refractivity contribution in [3.05, 3.63) is 34.9 Å². The molecule has 0 spiro atoms. The first-order chi connectivity index (χ1) is 11.7. The number of piperazine rings is 1. The highest BCUT2D eigenvalue weighted by Crippen LogP contribution is 2.13. The zero-order valence-corrected chi connectivity index (χ0v) is 14.8. The lowest BCUT2D eigenvalue weighted by Crippen LogP contribution is -2.49. The summed E-state index contributed by atoms with van der Waals surface area (Å²) in [5.41, 5.74) is 1.28. The Morgan fingerprint density at radius 3 is 2.54 bits per heavy atom. The number of benzene rings is 1. The highest BCUT2D eigenvalue weighted by molar-refractivity contribution is 6.30. The van der Waals surface area contributed by atoms with Crippen LogP contribution in [0.5, 0.6) is 0 Å². The topological polar surface area (TPSA) is 44.8 Å². The van der Waals surface area contributed by atoms with Crippen molar-refractivity contribution in [1.82, 2.24) is 15.1 Å². The molecule has 2 aliphatic rings. The van der Waals surface area contributed by atoms with Gasteiger partial charge < -0.3 is 10.1 Å². The van der Waals surface area contributed by atoms with Crippen molar-refractivity contribution in [3.8, 4) is 0 Å². The first-order valence-electron chi connectivity index (χ1n) is 8.76. The normalized spacial score (nSPS) is 22.6. The number of hydrogen-bond acceptors (Lipinski definition) is 4. The molecule has 0 radical (unpaired) electrons. The summed E-state index contributed by atoms with van der Waals surface area (Å²) in [5, 5.41) is 3.77. The second-order valence-electron chi connectivity index (χ2n) is 6.62. The number of ether oxygens (including phenoxy) is 1. The molecule has 1 aromatic rings. The Kier molecular flexibility index (Phi) is 6.49. The molecule has 1 N–H and O–H groups in total. The minimum atomic E-state index is 0.108. The summed E-state index contributed by atoms with van der Waals surface area (Å²) in [7, 11) is 0. The number of carbonyl (C=O) groups excluding carboxylic acids is 1. The van der Waals surface area contributed by atoms with Crippen molar-refractivity contribution in [2.24, 2.45) is 0 Å². The van der Waals surface area contributed by atoms with Gasteiger partial charge in [-0.2, -0.15) is 0 Å². The van der Waals surface area contributed by atoms with Crippen LogP contribution in [-0.4, -0.2) is 67.7 Å². The Bertz CT molecular complexity index is 524. The van der Waals surface area contributed by atoms with Gasteiger partial charge in [0.25, 0.3) is 0 Å². The van der Waals surface area contributed by atoms with E-state index in [0.717, 1.165) is 57.2 Å². The molecule has 1 atom stereocenters. The zero-order chi connectivity index (χ0) is 16.8. The summed E-state index contributed by atoms with van der Waals surface area (Å²) >= 11 is 5.92. The van der Waals surface area contributed by atoms with Crippen molar-refractivity contribution >= 4 is 17.5 Å². The fraction of sp³-hybridized carbons (Fsp3) is 0.611. The molecule has 1 unspecified atom stereocenters. The summed E-state index contributed by atoms with van der Waals surface area (Å²) in [6.45, 7) is 6.74. The number of hydrogen-bond donors (Lipinski definition) is 1. The quantitative estimate of drug-likeness (QED) is 0.848. The molecule has 0 saturated carbocycles. The Labute approximate surface area is 148 Å². The van der Waals surface area contributed by atoms with Crippen molar-refractivity contribution in [1.29, 1.82) is 0 Å². The Hall–Kier alpha value is -1.14. The van der Waals surface area contributed by atoms with E-state index in [9.17, 15) is 4.79 Å². The second-order valence-corrected chi connectivity index (χ2v) is 7.05. The van der Waals surface area contributed by atoms with Crippen molar-refractivity contribution in [2.45, 2.75) is 25.5 Å². The number of rotatable bonds is 6. The van der Waals surface area contributed by atoms with Crippen LogP contribution in [0.25, 0.3) is 0 Å². The van der Waals surface area contributed by atoms with Gasteiger partial charge >= 0.3 is 0 Å². The molecule has 0 aromatic heterocycles. The van der Waals surface area contributed by atoms with Gasteiger partial charge in [-0.15, -0.1) is 0 Å². The lowest BCUT2D eigenvalue weighted by Gasteiger charge is -2.34. The number of amides is 1. The van der Waals surface area contributed by atoms with Crippen LogP contribution in [0.15, 0.2) is 24.3 Å². The third-order valence-corrected chi connectivity index (χ3v) is 4.95. The molecule has 5 nitrogen and oxygen atoms in total. The van der Waals surface area contributed by atoms with Crippen LogP contribution in [0.2, 0.25) is 5.02 Å². The summed E-state index contributed by atoms with van der Waals surface area (Å²) in [6.07, 6.45) is 2.38. The summed E-state index contributed by atoms with van der Waals surface area (Å²) in [5.74, 6) is 0.108.